The summed E-state index contributed by atoms with van der Waals surface area (Å²) in [7, 11) is 0. The Bertz CT molecular complexity index is 1300. The summed E-state index contributed by atoms with van der Waals surface area (Å²) < 4.78 is 2.61. The molecule has 2 heterocycles. The summed E-state index contributed by atoms with van der Waals surface area (Å²) in [5.74, 6) is 0.0419. The van der Waals surface area contributed by atoms with Crippen molar-refractivity contribution in [3.8, 4) is 11.3 Å². The van der Waals surface area contributed by atoms with Crippen LogP contribution in [0.3, 0.4) is 0 Å². The number of Topliss-reactive ketones (excluding diaryl/α,β-unsaturated/α-hetero) is 1. The van der Waals surface area contributed by atoms with Gasteiger partial charge in [0, 0.05) is 16.8 Å². The van der Waals surface area contributed by atoms with E-state index in [4.69, 9.17) is 0 Å². The van der Waals surface area contributed by atoms with Gasteiger partial charge in [0.15, 0.2) is 5.78 Å². The molecule has 1 amide bonds. The first-order valence-corrected chi connectivity index (χ1v) is 9.36. The largest absolute Gasteiger partial charge is 0.324 e. The molecule has 0 fully saturated rings. The Labute approximate surface area is 171 Å². The van der Waals surface area contributed by atoms with Crippen LogP contribution in [0.25, 0.3) is 16.8 Å². The van der Waals surface area contributed by atoms with Crippen molar-refractivity contribution in [3.05, 3.63) is 82.4 Å². The standard InChI is InChI=1S/C22H19N5O3/c1-14(28)16-8-10-18(11-9-16)23-21(29)13-26-22(30)20-12-19(17-6-4-3-5-7-17)25-27(20)15(2)24-26/h3-12H,13H2,1-2H3,(H,23,29). The van der Waals surface area contributed by atoms with Gasteiger partial charge in [-0.15, -0.1) is 0 Å². The third-order valence-corrected chi connectivity index (χ3v) is 4.67. The van der Waals surface area contributed by atoms with Crippen LogP contribution < -0.4 is 10.9 Å². The molecule has 0 aliphatic carbocycles. The van der Waals surface area contributed by atoms with E-state index >= 15 is 0 Å². The van der Waals surface area contributed by atoms with Crippen LogP contribution in [0.15, 0.2) is 65.5 Å². The molecule has 0 radical (unpaired) electrons. The molecule has 0 bridgehead atoms. The summed E-state index contributed by atoms with van der Waals surface area (Å²) in [6, 6.07) is 17.8. The Morgan fingerprint density at radius 1 is 1.00 bits per heavy atom. The molecule has 0 saturated carbocycles. The van der Waals surface area contributed by atoms with E-state index in [0.29, 0.717) is 28.3 Å². The van der Waals surface area contributed by atoms with Crippen LogP contribution in [-0.2, 0) is 11.3 Å². The van der Waals surface area contributed by atoms with Crippen molar-refractivity contribution in [1.82, 2.24) is 19.4 Å². The van der Waals surface area contributed by atoms with Gasteiger partial charge >= 0.3 is 0 Å². The molecule has 0 atom stereocenters. The normalized spacial score (nSPS) is 10.9. The maximum atomic E-state index is 12.9. The number of aryl methyl sites for hydroxylation is 1. The number of nitrogens with one attached hydrogen (secondary N) is 1. The fraction of sp³-hybridized carbons (Fsp3) is 0.136. The number of rotatable bonds is 5. The molecular weight excluding hydrogens is 382 g/mol. The number of aromatic nitrogens is 4. The molecule has 150 valence electrons. The number of carbonyl (C=O) groups excluding carboxylic acids is 2. The van der Waals surface area contributed by atoms with Crippen molar-refractivity contribution >= 4 is 22.9 Å². The molecule has 2 aromatic heterocycles. The Morgan fingerprint density at radius 2 is 1.70 bits per heavy atom. The van der Waals surface area contributed by atoms with Crippen molar-refractivity contribution in [2.75, 3.05) is 5.32 Å². The number of anilines is 1. The first kappa shape index (κ1) is 19.3. The summed E-state index contributed by atoms with van der Waals surface area (Å²) in [5, 5.41) is 11.4. The minimum absolute atomic E-state index is 0.0527. The van der Waals surface area contributed by atoms with Crippen LogP contribution in [0.1, 0.15) is 23.1 Å². The van der Waals surface area contributed by atoms with E-state index in [1.165, 1.54) is 11.4 Å². The molecule has 2 aromatic carbocycles. The van der Waals surface area contributed by atoms with Gasteiger partial charge in [0.2, 0.25) is 5.91 Å². The molecule has 4 aromatic rings. The Kier molecular flexibility index (Phi) is 4.97. The quantitative estimate of drug-likeness (QED) is 0.519. The van der Waals surface area contributed by atoms with Crippen LogP contribution in [0, 0.1) is 6.92 Å². The van der Waals surface area contributed by atoms with Crippen LogP contribution in [0.2, 0.25) is 0 Å². The second kappa shape index (κ2) is 7.75. The first-order chi connectivity index (χ1) is 14.4. The van der Waals surface area contributed by atoms with Crippen molar-refractivity contribution in [1.29, 1.82) is 0 Å². The van der Waals surface area contributed by atoms with Crippen LogP contribution in [-0.4, -0.2) is 31.1 Å². The fourth-order valence-corrected chi connectivity index (χ4v) is 3.16. The van der Waals surface area contributed by atoms with E-state index in [0.717, 1.165) is 10.2 Å². The molecule has 8 nitrogen and oxygen atoms in total. The average molecular weight is 401 g/mol. The van der Waals surface area contributed by atoms with Crippen molar-refractivity contribution in [3.63, 3.8) is 0 Å². The third-order valence-electron chi connectivity index (χ3n) is 4.67. The number of hydrogen-bond acceptors (Lipinski definition) is 5. The number of fused-ring (bicyclic) bond motifs is 1. The zero-order chi connectivity index (χ0) is 21.3. The second-order valence-corrected chi connectivity index (χ2v) is 6.88. The molecule has 0 saturated heterocycles. The molecule has 4 rings (SSSR count). The number of amides is 1. The number of ketones is 1. The minimum atomic E-state index is -0.405. The van der Waals surface area contributed by atoms with E-state index in [9.17, 15) is 14.4 Å². The van der Waals surface area contributed by atoms with E-state index < -0.39 is 11.5 Å². The molecule has 0 aliphatic rings. The maximum absolute atomic E-state index is 12.9. The molecule has 0 spiro atoms. The summed E-state index contributed by atoms with van der Waals surface area (Å²) in [6.45, 7) is 2.96. The molecular formula is C22H19N5O3. The topological polar surface area (TPSA) is 98.4 Å². The van der Waals surface area contributed by atoms with Gasteiger partial charge in [0.25, 0.3) is 5.56 Å². The van der Waals surface area contributed by atoms with Gasteiger partial charge in [-0.05, 0) is 44.2 Å². The lowest BCUT2D eigenvalue weighted by Gasteiger charge is -2.08. The summed E-state index contributed by atoms with van der Waals surface area (Å²) in [4.78, 5) is 36.6. The molecule has 8 heteroatoms. The van der Waals surface area contributed by atoms with E-state index in [-0.39, 0.29) is 12.3 Å². The van der Waals surface area contributed by atoms with E-state index in [1.807, 2.05) is 30.3 Å². The highest BCUT2D eigenvalue weighted by Gasteiger charge is 2.15. The SMILES string of the molecule is CC(=O)c1ccc(NC(=O)Cn2nc(C)n3nc(-c4ccccc4)cc3c2=O)cc1. The molecule has 0 unspecified atom stereocenters. The lowest BCUT2D eigenvalue weighted by molar-refractivity contribution is -0.117. The van der Waals surface area contributed by atoms with Gasteiger partial charge in [-0.3, -0.25) is 14.4 Å². The minimum Gasteiger partial charge on any atom is -0.324 e. The van der Waals surface area contributed by atoms with Gasteiger partial charge in [-0.2, -0.15) is 10.2 Å². The third kappa shape index (κ3) is 3.75. The van der Waals surface area contributed by atoms with Gasteiger partial charge in [-0.1, -0.05) is 30.3 Å². The zero-order valence-corrected chi connectivity index (χ0v) is 16.5. The summed E-state index contributed by atoms with van der Waals surface area (Å²) in [5.41, 5.74) is 2.58. The number of benzene rings is 2. The van der Waals surface area contributed by atoms with Crippen molar-refractivity contribution < 1.29 is 9.59 Å². The smallest absolute Gasteiger partial charge is 0.293 e. The van der Waals surface area contributed by atoms with Crippen LogP contribution in [0.4, 0.5) is 5.69 Å². The second-order valence-electron chi connectivity index (χ2n) is 6.88. The number of hydrogen-bond donors (Lipinski definition) is 1. The summed E-state index contributed by atoms with van der Waals surface area (Å²) in [6.07, 6.45) is 0. The Morgan fingerprint density at radius 3 is 2.37 bits per heavy atom. The van der Waals surface area contributed by atoms with E-state index in [1.54, 1.807) is 37.3 Å². The Balaban J connectivity index is 1.59. The zero-order valence-electron chi connectivity index (χ0n) is 16.5. The van der Waals surface area contributed by atoms with Crippen molar-refractivity contribution in [2.45, 2.75) is 20.4 Å². The van der Waals surface area contributed by atoms with Crippen molar-refractivity contribution in [2.24, 2.45) is 0 Å². The van der Waals surface area contributed by atoms with Gasteiger partial charge < -0.3 is 5.32 Å². The molecule has 1 N–H and O–H groups in total. The first-order valence-electron chi connectivity index (χ1n) is 9.36. The predicted molar refractivity (Wildman–Crippen MR) is 112 cm³/mol. The highest BCUT2D eigenvalue weighted by Crippen LogP contribution is 2.18. The monoisotopic (exact) mass is 401 g/mol. The maximum Gasteiger partial charge on any atom is 0.293 e. The van der Waals surface area contributed by atoms with E-state index in [2.05, 4.69) is 15.5 Å². The summed E-state index contributed by atoms with van der Waals surface area (Å²) >= 11 is 0. The lowest BCUT2D eigenvalue weighted by Crippen LogP contribution is -2.31. The molecule has 30 heavy (non-hydrogen) atoms. The highest BCUT2D eigenvalue weighted by molar-refractivity contribution is 5.95. The fourth-order valence-electron chi connectivity index (χ4n) is 3.16. The highest BCUT2D eigenvalue weighted by atomic mass is 16.2. The Hall–Kier alpha value is -4.07. The van der Waals surface area contributed by atoms with Gasteiger partial charge in [0.1, 0.15) is 17.9 Å². The van der Waals surface area contributed by atoms with Crippen LogP contribution in [0.5, 0.6) is 0 Å². The average Bonchev–Trinajstić information content (AvgIpc) is 3.19. The number of carbonyl (C=O) groups is 2. The van der Waals surface area contributed by atoms with Gasteiger partial charge in [-0.25, -0.2) is 9.20 Å². The van der Waals surface area contributed by atoms with Crippen LogP contribution >= 0.6 is 0 Å². The lowest BCUT2D eigenvalue weighted by atomic mass is 10.1. The predicted octanol–water partition coefficient (Wildman–Crippen LogP) is 2.71. The number of nitrogens with zero attached hydrogens (tertiary/aromatic N) is 4. The van der Waals surface area contributed by atoms with Gasteiger partial charge in [0.05, 0.1) is 5.69 Å². The molecule has 0 aliphatic heterocycles.